The first-order chi connectivity index (χ1) is 16.6. The molecule has 0 amide bonds. The van der Waals surface area contributed by atoms with E-state index in [2.05, 4.69) is 9.71 Å². The van der Waals surface area contributed by atoms with E-state index < -0.39 is 33.5 Å². The highest BCUT2D eigenvalue weighted by molar-refractivity contribution is 7.89. The van der Waals surface area contributed by atoms with Crippen LogP contribution in [0.5, 0.6) is 0 Å². The van der Waals surface area contributed by atoms with Gasteiger partial charge < -0.3 is 9.21 Å². The van der Waals surface area contributed by atoms with Crippen LogP contribution in [-0.4, -0.2) is 25.7 Å². The molecule has 11 heteroatoms. The van der Waals surface area contributed by atoms with Gasteiger partial charge in [-0.05, 0) is 42.3 Å². The van der Waals surface area contributed by atoms with E-state index in [1.165, 1.54) is 18.2 Å². The molecule has 0 radical (unpaired) electrons. The summed E-state index contributed by atoms with van der Waals surface area (Å²) in [5.74, 6) is -4.42. The van der Waals surface area contributed by atoms with Crippen LogP contribution in [0.25, 0.3) is 42.7 Å². The number of halogens is 3. The van der Waals surface area contributed by atoms with Crippen molar-refractivity contribution in [1.29, 1.82) is 0 Å². The van der Waals surface area contributed by atoms with Crippen molar-refractivity contribution in [2.45, 2.75) is 24.8 Å². The monoisotopic (exact) mass is 518 g/mol. The zero-order valence-electron chi connectivity index (χ0n) is 18.3. The molecule has 2 aromatic heterocycles. The van der Waals surface area contributed by atoms with E-state index >= 15 is 0 Å². The maximum Gasteiger partial charge on any atom is 0.241 e. The number of carbonyl (C=O) groups is 1. The molecule has 3 aromatic carbocycles. The smallest absolute Gasteiger partial charge is 0.241 e. The largest absolute Gasteiger partial charge is 0.456 e. The van der Waals surface area contributed by atoms with Crippen molar-refractivity contribution < 1.29 is 30.8 Å². The van der Waals surface area contributed by atoms with Crippen LogP contribution in [0, 0.1) is 23.4 Å². The first-order valence-corrected chi connectivity index (χ1v) is 12.8. The lowest BCUT2D eigenvalue weighted by molar-refractivity contribution is -0.110. The van der Waals surface area contributed by atoms with Crippen LogP contribution in [0.2, 0.25) is 0 Å². The number of nitrogens with zero attached hydrogens (tertiary/aromatic N) is 1. The summed E-state index contributed by atoms with van der Waals surface area (Å²) >= 11 is 1.00. The van der Waals surface area contributed by atoms with Crippen LogP contribution in [-0.2, 0) is 14.8 Å². The number of aldehydes is 1. The third-order valence-electron chi connectivity index (χ3n) is 5.68. The maximum absolute atomic E-state index is 14.1. The van der Waals surface area contributed by atoms with Crippen LogP contribution < -0.4 is 4.72 Å². The number of fused-ring (bicyclic) bond motifs is 4. The second-order valence-electron chi connectivity index (χ2n) is 8.35. The van der Waals surface area contributed by atoms with E-state index in [0.29, 0.717) is 38.8 Å². The molecule has 6 nitrogen and oxygen atoms in total. The fraction of sp³-hybridized carbons (Fsp3) is 0.167. The van der Waals surface area contributed by atoms with Gasteiger partial charge in [0.15, 0.2) is 17.5 Å². The first-order valence-electron chi connectivity index (χ1n) is 10.5. The van der Waals surface area contributed by atoms with E-state index in [0.717, 1.165) is 17.4 Å². The van der Waals surface area contributed by atoms with Crippen LogP contribution in [0.1, 0.15) is 13.8 Å². The number of sulfonamides is 1. The number of aromatic nitrogens is 1. The van der Waals surface area contributed by atoms with Gasteiger partial charge in [0, 0.05) is 16.3 Å². The normalized spacial score (nSPS) is 13.3. The Morgan fingerprint density at radius 1 is 1.00 bits per heavy atom. The Bertz CT molecular complexity index is 1740. The molecule has 0 saturated heterocycles. The summed E-state index contributed by atoms with van der Waals surface area (Å²) < 4.78 is 75.3. The van der Waals surface area contributed by atoms with Crippen molar-refractivity contribution in [3.05, 3.63) is 59.9 Å². The second kappa shape index (κ2) is 8.43. The fourth-order valence-electron chi connectivity index (χ4n) is 3.72. The third kappa shape index (κ3) is 3.99. The average Bonchev–Trinajstić information content (AvgIpc) is 3.41. The van der Waals surface area contributed by atoms with Gasteiger partial charge in [-0.1, -0.05) is 19.9 Å². The highest BCUT2D eigenvalue weighted by atomic mass is 32.2. The lowest BCUT2D eigenvalue weighted by atomic mass is 10.1. The molecule has 0 aliphatic rings. The predicted octanol–water partition coefficient (Wildman–Crippen LogP) is 5.78. The summed E-state index contributed by atoms with van der Waals surface area (Å²) in [5.41, 5.74) is 1.14. The number of hydrogen-bond acceptors (Lipinski definition) is 6. The molecule has 35 heavy (non-hydrogen) atoms. The molecule has 0 aliphatic heterocycles. The van der Waals surface area contributed by atoms with Gasteiger partial charge in [0.1, 0.15) is 28.0 Å². The third-order valence-corrected chi connectivity index (χ3v) is 8.19. The number of hydrogen-bond donors (Lipinski definition) is 1. The van der Waals surface area contributed by atoms with Gasteiger partial charge in [-0.15, -0.1) is 11.3 Å². The molecule has 0 bridgehead atoms. The summed E-state index contributed by atoms with van der Waals surface area (Å²) in [6.07, 6.45) is 0.562. The highest BCUT2D eigenvalue weighted by Gasteiger charge is 2.23. The lowest BCUT2D eigenvalue weighted by Gasteiger charge is -2.16. The molecule has 0 fully saturated rings. The molecule has 2 heterocycles. The Hall–Kier alpha value is -3.28. The van der Waals surface area contributed by atoms with Gasteiger partial charge >= 0.3 is 0 Å². The standard InChI is InChI=1S/C24H17F3N2O4S2/c1-11(2)17(10-30)29-35(31,32)13-4-6-18-15(8-13)14-5-3-12(7-19(14)33-18)24-28-23-20(34-24)9-16(25)21(26)22(23)27/h3-11,17,29H,1-2H3/t17-/m0/s1. The Morgan fingerprint density at radius 3 is 2.49 bits per heavy atom. The molecule has 1 atom stereocenters. The SMILES string of the molecule is CC(C)[C@H](C=O)NS(=O)(=O)c1ccc2oc3cc(-c4nc5c(F)c(F)c(F)cc5s4)ccc3c2c1. The Kier molecular flexibility index (Phi) is 5.65. The number of thiazole rings is 1. The van der Waals surface area contributed by atoms with E-state index in [9.17, 15) is 26.4 Å². The Labute approximate surface area is 201 Å². The summed E-state index contributed by atoms with van der Waals surface area (Å²) in [6.45, 7) is 3.47. The van der Waals surface area contributed by atoms with Gasteiger partial charge in [0.25, 0.3) is 0 Å². The molecule has 5 rings (SSSR count). The number of furan rings is 1. The van der Waals surface area contributed by atoms with E-state index in [1.807, 2.05) is 0 Å². The molecule has 0 unspecified atom stereocenters. The summed E-state index contributed by atoms with van der Waals surface area (Å²) in [7, 11) is -3.96. The number of rotatable bonds is 6. The zero-order chi connectivity index (χ0) is 25.1. The fourth-order valence-corrected chi connectivity index (χ4v) is 6.05. The minimum Gasteiger partial charge on any atom is -0.456 e. The number of nitrogens with one attached hydrogen (secondary N) is 1. The summed E-state index contributed by atoms with van der Waals surface area (Å²) in [4.78, 5) is 15.4. The quantitative estimate of drug-likeness (QED) is 0.227. The van der Waals surface area contributed by atoms with Crippen molar-refractivity contribution in [3.63, 3.8) is 0 Å². The number of benzene rings is 3. The van der Waals surface area contributed by atoms with Crippen molar-refractivity contribution >= 4 is 59.8 Å². The molecule has 1 N–H and O–H groups in total. The average molecular weight is 519 g/mol. The summed E-state index contributed by atoms with van der Waals surface area (Å²) in [6, 6.07) is 9.43. The molecule has 0 spiro atoms. The topological polar surface area (TPSA) is 89.3 Å². The Morgan fingerprint density at radius 2 is 1.77 bits per heavy atom. The van der Waals surface area contributed by atoms with Crippen molar-refractivity contribution in [3.8, 4) is 10.6 Å². The predicted molar refractivity (Wildman–Crippen MR) is 127 cm³/mol. The van der Waals surface area contributed by atoms with Crippen LogP contribution >= 0.6 is 11.3 Å². The van der Waals surface area contributed by atoms with Crippen LogP contribution in [0.3, 0.4) is 0 Å². The number of carbonyl (C=O) groups excluding carboxylic acids is 1. The van der Waals surface area contributed by atoms with Gasteiger partial charge in [0.2, 0.25) is 10.0 Å². The summed E-state index contributed by atoms with van der Waals surface area (Å²) in [5, 5.41) is 1.51. The minimum atomic E-state index is -3.96. The molecule has 0 saturated carbocycles. The van der Waals surface area contributed by atoms with Gasteiger partial charge in [-0.25, -0.2) is 31.3 Å². The molecule has 0 aliphatic carbocycles. The van der Waals surface area contributed by atoms with Crippen molar-refractivity contribution in [2.75, 3.05) is 0 Å². The first kappa shape index (κ1) is 23.5. The maximum atomic E-state index is 14.1. The molecular weight excluding hydrogens is 501 g/mol. The second-order valence-corrected chi connectivity index (χ2v) is 11.1. The zero-order valence-corrected chi connectivity index (χ0v) is 19.9. The molecule has 180 valence electrons. The minimum absolute atomic E-state index is 0.0185. The van der Waals surface area contributed by atoms with Crippen LogP contribution in [0.15, 0.2) is 51.8 Å². The molecule has 5 aromatic rings. The highest BCUT2D eigenvalue weighted by Crippen LogP contribution is 2.37. The van der Waals surface area contributed by atoms with Gasteiger partial charge in [-0.2, -0.15) is 0 Å². The van der Waals surface area contributed by atoms with Gasteiger partial charge in [0.05, 0.1) is 15.6 Å². The van der Waals surface area contributed by atoms with Crippen molar-refractivity contribution in [1.82, 2.24) is 9.71 Å². The van der Waals surface area contributed by atoms with Crippen LogP contribution in [0.4, 0.5) is 13.2 Å². The Balaban J connectivity index is 1.57. The van der Waals surface area contributed by atoms with Crippen molar-refractivity contribution in [2.24, 2.45) is 5.92 Å². The van der Waals surface area contributed by atoms with E-state index in [-0.39, 0.29) is 21.0 Å². The van der Waals surface area contributed by atoms with E-state index in [1.54, 1.807) is 32.0 Å². The molecular formula is C24H17F3N2O4S2. The van der Waals surface area contributed by atoms with E-state index in [4.69, 9.17) is 4.42 Å². The lowest BCUT2D eigenvalue weighted by Crippen LogP contribution is -2.39. The van der Waals surface area contributed by atoms with Gasteiger partial charge in [-0.3, -0.25) is 0 Å².